The Hall–Kier alpha value is -2.58. The summed E-state index contributed by atoms with van der Waals surface area (Å²) >= 11 is 0. The molecule has 0 aromatic carbocycles. The Balaban J connectivity index is 1.51. The van der Waals surface area contributed by atoms with Crippen molar-refractivity contribution in [3.05, 3.63) is 22.5 Å². The van der Waals surface area contributed by atoms with Gasteiger partial charge in [0.15, 0.2) is 0 Å². The Morgan fingerprint density at radius 3 is 2.64 bits per heavy atom. The first kappa shape index (κ1) is 20.2. The van der Waals surface area contributed by atoms with Crippen LogP contribution in [0.25, 0.3) is 0 Å². The molecule has 9 heteroatoms. The highest BCUT2D eigenvalue weighted by Gasteiger charge is 2.30. The number of aryl methyl sites for hydroxylation is 1. The monoisotopic (exact) mass is 391 g/mol. The minimum atomic E-state index is -0.278. The first-order chi connectivity index (χ1) is 13.5. The van der Waals surface area contributed by atoms with Gasteiger partial charge >= 0.3 is 6.09 Å². The molecule has 2 amide bonds. The first-order valence-corrected chi connectivity index (χ1v) is 9.99. The third kappa shape index (κ3) is 4.82. The number of amides is 2. The molecule has 2 fully saturated rings. The van der Waals surface area contributed by atoms with E-state index in [4.69, 9.17) is 4.74 Å². The van der Waals surface area contributed by atoms with E-state index in [-0.39, 0.29) is 29.5 Å². The van der Waals surface area contributed by atoms with Crippen molar-refractivity contribution in [2.45, 2.75) is 38.6 Å². The van der Waals surface area contributed by atoms with Gasteiger partial charge in [-0.2, -0.15) is 5.10 Å². The Morgan fingerprint density at radius 1 is 1.21 bits per heavy atom. The van der Waals surface area contributed by atoms with Gasteiger partial charge in [-0.1, -0.05) is 0 Å². The van der Waals surface area contributed by atoms with Crippen molar-refractivity contribution in [1.29, 1.82) is 0 Å². The smallest absolute Gasteiger partial charge is 0.409 e. The molecule has 2 saturated heterocycles. The molecule has 3 rings (SSSR count). The number of anilines is 1. The number of carbonyl (C=O) groups is 2. The van der Waals surface area contributed by atoms with E-state index in [2.05, 4.69) is 15.3 Å². The molecule has 0 radical (unpaired) electrons. The molecule has 1 aromatic heterocycles. The van der Waals surface area contributed by atoms with Crippen LogP contribution < -0.4 is 15.8 Å². The third-order valence-corrected chi connectivity index (χ3v) is 5.43. The molecule has 1 aromatic rings. The van der Waals surface area contributed by atoms with Crippen LogP contribution in [0.5, 0.6) is 0 Å². The molecule has 1 unspecified atom stereocenters. The zero-order chi connectivity index (χ0) is 20.1. The zero-order valence-electron chi connectivity index (χ0n) is 16.6. The van der Waals surface area contributed by atoms with Crippen LogP contribution in [0.4, 0.5) is 10.6 Å². The standard InChI is InChI=1S/C19H29N5O4/c1-3-28-19(27)23-11-8-15(9-12-23)20-18(26)14-5-4-10-24(13-14)16-6-7-17(25)22(2)21-16/h6-7,14-15H,3-5,8-13H2,1-2H3,(H,20,26). The van der Waals surface area contributed by atoms with Crippen molar-refractivity contribution < 1.29 is 14.3 Å². The molecule has 154 valence electrons. The van der Waals surface area contributed by atoms with Crippen LogP contribution in [-0.4, -0.2) is 65.5 Å². The van der Waals surface area contributed by atoms with E-state index in [1.165, 1.54) is 10.7 Å². The van der Waals surface area contributed by atoms with Crippen LogP contribution >= 0.6 is 0 Å². The molecule has 28 heavy (non-hydrogen) atoms. The molecule has 0 bridgehead atoms. The number of ether oxygens (including phenoxy) is 1. The van der Waals surface area contributed by atoms with Gasteiger partial charge in [0.2, 0.25) is 5.91 Å². The Kier molecular flexibility index (Phi) is 6.53. The van der Waals surface area contributed by atoms with E-state index in [1.54, 1.807) is 24.9 Å². The Morgan fingerprint density at radius 2 is 1.96 bits per heavy atom. The van der Waals surface area contributed by atoms with Gasteiger partial charge in [0.1, 0.15) is 5.82 Å². The quantitative estimate of drug-likeness (QED) is 0.813. The average Bonchev–Trinajstić information content (AvgIpc) is 2.71. The number of nitrogens with one attached hydrogen (secondary N) is 1. The molecule has 0 spiro atoms. The second-order valence-corrected chi connectivity index (χ2v) is 7.41. The summed E-state index contributed by atoms with van der Waals surface area (Å²) in [5.74, 6) is 0.683. The van der Waals surface area contributed by atoms with Gasteiger partial charge in [-0.3, -0.25) is 9.59 Å². The summed E-state index contributed by atoms with van der Waals surface area (Å²) in [6.07, 6.45) is 2.95. The highest BCUT2D eigenvalue weighted by atomic mass is 16.6. The summed E-state index contributed by atoms with van der Waals surface area (Å²) in [7, 11) is 1.63. The van der Waals surface area contributed by atoms with Crippen molar-refractivity contribution in [2.24, 2.45) is 13.0 Å². The van der Waals surface area contributed by atoms with Crippen LogP contribution in [0.15, 0.2) is 16.9 Å². The molecular weight excluding hydrogens is 362 g/mol. The van der Waals surface area contributed by atoms with E-state index < -0.39 is 0 Å². The Bertz CT molecular complexity index is 757. The summed E-state index contributed by atoms with van der Waals surface area (Å²) in [5, 5.41) is 7.45. The summed E-state index contributed by atoms with van der Waals surface area (Å²) in [6, 6.07) is 3.31. The van der Waals surface area contributed by atoms with Crippen LogP contribution in [0.2, 0.25) is 0 Å². The zero-order valence-corrected chi connectivity index (χ0v) is 16.6. The Labute approximate surface area is 164 Å². The second-order valence-electron chi connectivity index (χ2n) is 7.41. The van der Waals surface area contributed by atoms with Gasteiger partial charge in [0.05, 0.1) is 12.5 Å². The second kappa shape index (κ2) is 9.07. The number of nitrogens with zero attached hydrogens (tertiary/aromatic N) is 4. The molecule has 9 nitrogen and oxygen atoms in total. The van der Waals surface area contributed by atoms with Crippen LogP contribution in [0, 0.1) is 5.92 Å². The molecule has 1 N–H and O–H groups in total. The lowest BCUT2D eigenvalue weighted by Crippen LogP contribution is -2.50. The minimum absolute atomic E-state index is 0.0594. The van der Waals surface area contributed by atoms with E-state index in [1.807, 2.05) is 0 Å². The number of likely N-dealkylation sites (tertiary alicyclic amines) is 1. The van der Waals surface area contributed by atoms with Gasteiger partial charge in [-0.25, -0.2) is 9.48 Å². The van der Waals surface area contributed by atoms with Crippen molar-refractivity contribution >= 4 is 17.8 Å². The van der Waals surface area contributed by atoms with Crippen molar-refractivity contribution in [3.8, 4) is 0 Å². The van der Waals surface area contributed by atoms with E-state index in [9.17, 15) is 14.4 Å². The fourth-order valence-corrected chi connectivity index (χ4v) is 3.80. The number of hydrogen-bond donors (Lipinski definition) is 1. The van der Waals surface area contributed by atoms with Crippen molar-refractivity contribution in [2.75, 3.05) is 37.7 Å². The van der Waals surface area contributed by atoms with E-state index in [0.717, 1.165) is 38.0 Å². The highest BCUT2D eigenvalue weighted by Crippen LogP contribution is 2.22. The lowest BCUT2D eigenvalue weighted by atomic mass is 9.96. The highest BCUT2D eigenvalue weighted by molar-refractivity contribution is 5.80. The SMILES string of the molecule is CCOC(=O)N1CCC(NC(=O)C2CCCN(c3ccc(=O)n(C)n3)C2)CC1. The normalized spacial score (nSPS) is 20.7. The topological polar surface area (TPSA) is 96.8 Å². The predicted octanol–water partition coefficient (Wildman–Crippen LogP) is 0.734. The molecule has 2 aliphatic heterocycles. The summed E-state index contributed by atoms with van der Waals surface area (Å²) in [4.78, 5) is 39.8. The van der Waals surface area contributed by atoms with Crippen LogP contribution in [0.3, 0.4) is 0 Å². The lowest BCUT2D eigenvalue weighted by molar-refractivity contribution is -0.126. The largest absolute Gasteiger partial charge is 0.450 e. The average molecular weight is 391 g/mol. The van der Waals surface area contributed by atoms with Gasteiger partial charge in [0.25, 0.3) is 5.56 Å². The number of piperidine rings is 2. The third-order valence-electron chi connectivity index (χ3n) is 5.43. The van der Waals surface area contributed by atoms with Gasteiger partial charge < -0.3 is 19.9 Å². The number of carbonyl (C=O) groups excluding carboxylic acids is 2. The van der Waals surface area contributed by atoms with Crippen LogP contribution in [0.1, 0.15) is 32.6 Å². The molecular formula is C19H29N5O4. The van der Waals surface area contributed by atoms with Gasteiger partial charge in [-0.15, -0.1) is 0 Å². The summed E-state index contributed by atoms with van der Waals surface area (Å²) < 4.78 is 6.35. The lowest BCUT2D eigenvalue weighted by Gasteiger charge is -2.35. The van der Waals surface area contributed by atoms with Crippen molar-refractivity contribution in [3.63, 3.8) is 0 Å². The van der Waals surface area contributed by atoms with Crippen molar-refractivity contribution in [1.82, 2.24) is 20.0 Å². The fourth-order valence-electron chi connectivity index (χ4n) is 3.80. The number of aromatic nitrogens is 2. The molecule has 0 saturated carbocycles. The summed E-state index contributed by atoms with van der Waals surface area (Å²) in [6.45, 7) is 4.79. The molecule has 2 aliphatic rings. The van der Waals surface area contributed by atoms with Crippen LogP contribution in [-0.2, 0) is 16.6 Å². The van der Waals surface area contributed by atoms with Gasteiger partial charge in [-0.05, 0) is 38.7 Å². The maximum absolute atomic E-state index is 12.8. The molecule has 0 aliphatic carbocycles. The molecule has 3 heterocycles. The maximum Gasteiger partial charge on any atom is 0.409 e. The summed E-state index contributed by atoms with van der Waals surface area (Å²) in [5.41, 5.74) is -0.149. The fraction of sp³-hybridized carbons (Fsp3) is 0.684. The number of hydrogen-bond acceptors (Lipinski definition) is 6. The predicted molar refractivity (Wildman–Crippen MR) is 104 cm³/mol. The number of rotatable bonds is 4. The maximum atomic E-state index is 12.8. The molecule has 1 atom stereocenters. The van der Waals surface area contributed by atoms with E-state index in [0.29, 0.717) is 26.2 Å². The van der Waals surface area contributed by atoms with Gasteiger partial charge in [0, 0.05) is 45.3 Å². The minimum Gasteiger partial charge on any atom is -0.450 e. The first-order valence-electron chi connectivity index (χ1n) is 9.99. The van der Waals surface area contributed by atoms with E-state index >= 15 is 0 Å².